The number of benzene rings is 9. The topological polar surface area (TPSA) is 25.8 Å². The molecule has 2 heterocycles. The lowest BCUT2D eigenvalue weighted by atomic mass is 9.89. The smallest absolute Gasteiger partial charge is 0.160 e. The zero-order valence-electron chi connectivity index (χ0n) is 29.8. The van der Waals surface area contributed by atoms with Crippen LogP contribution in [0.5, 0.6) is 0 Å². The minimum absolute atomic E-state index is 0.707. The van der Waals surface area contributed by atoms with Crippen LogP contribution in [-0.4, -0.2) is 9.97 Å². The van der Waals surface area contributed by atoms with Gasteiger partial charge in [-0.2, -0.15) is 0 Å². The Bertz CT molecular complexity index is 3250. The molecule has 0 aliphatic carbocycles. The van der Waals surface area contributed by atoms with Crippen LogP contribution in [0.2, 0.25) is 0 Å². The molecule has 0 fully saturated rings. The van der Waals surface area contributed by atoms with Crippen LogP contribution in [0.15, 0.2) is 194 Å². The summed E-state index contributed by atoms with van der Waals surface area (Å²) in [6.07, 6.45) is 0. The fourth-order valence-corrected chi connectivity index (χ4v) is 9.33. The highest BCUT2D eigenvalue weighted by Crippen LogP contribution is 2.42. The second kappa shape index (κ2) is 12.9. The van der Waals surface area contributed by atoms with Gasteiger partial charge < -0.3 is 0 Å². The maximum atomic E-state index is 5.24. The lowest BCUT2D eigenvalue weighted by molar-refractivity contribution is 1.18. The van der Waals surface area contributed by atoms with Gasteiger partial charge in [-0.1, -0.05) is 164 Å². The van der Waals surface area contributed by atoms with Crippen LogP contribution in [0.4, 0.5) is 0 Å². The van der Waals surface area contributed by atoms with Crippen LogP contribution in [0.3, 0.4) is 0 Å². The maximum absolute atomic E-state index is 5.24. The first kappa shape index (κ1) is 31.6. The Hall–Kier alpha value is -6.94. The third-order valence-corrected chi connectivity index (χ3v) is 12.0. The molecule has 0 saturated carbocycles. The van der Waals surface area contributed by atoms with Crippen LogP contribution in [0.25, 0.3) is 109 Å². The molecule has 0 radical (unpaired) electrons. The molecular weight excluding hydrogens is 685 g/mol. The number of thiophene rings is 1. The van der Waals surface area contributed by atoms with E-state index in [1.807, 2.05) is 29.5 Å². The Kier molecular flexibility index (Phi) is 7.39. The van der Waals surface area contributed by atoms with Gasteiger partial charge in [0.1, 0.15) is 0 Å². The zero-order chi connectivity index (χ0) is 36.3. The molecule has 256 valence electrons. The number of aromatic nitrogens is 2. The maximum Gasteiger partial charge on any atom is 0.160 e. The summed E-state index contributed by atoms with van der Waals surface area (Å²) in [5.74, 6) is 0.707. The molecule has 2 aromatic heterocycles. The van der Waals surface area contributed by atoms with E-state index >= 15 is 0 Å². The molecule has 0 amide bonds. The molecule has 0 aliphatic rings. The van der Waals surface area contributed by atoms with Crippen LogP contribution in [0.1, 0.15) is 0 Å². The predicted molar refractivity (Wildman–Crippen MR) is 235 cm³/mol. The largest absolute Gasteiger partial charge is 0.228 e. The number of fused-ring (bicyclic) bond motifs is 7. The van der Waals surface area contributed by atoms with E-state index < -0.39 is 0 Å². The van der Waals surface area contributed by atoms with E-state index in [0.29, 0.717) is 5.82 Å². The van der Waals surface area contributed by atoms with Gasteiger partial charge in [0.15, 0.2) is 5.82 Å². The highest BCUT2D eigenvalue weighted by atomic mass is 32.1. The SMILES string of the molecule is c1ccc(-c2nc(-c3ccc(-c4c5ccccc5cc5c4ccc4ccccc45)cc3)cc(-c3ccccc3-c3ccc4sc5ccccc5c4c3)n2)cc1. The molecule has 11 rings (SSSR count). The molecule has 9 aromatic carbocycles. The van der Waals surface area contributed by atoms with Crippen LogP contribution < -0.4 is 0 Å². The van der Waals surface area contributed by atoms with E-state index in [0.717, 1.165) is 33.6 Å². The van der Waals surface area contributed by atoms with Crippen molar-refractivity contribution in [1.82, 2.24) is 9.97 Å². The summed E-state index contributed by atoms with van der Waals surface area (Å²) >= 11 is 1.85. The average molecular weight is 717 g/mol. The molecule has 11 aromatic rings. The van der Waals surface area contributed by atoms with E-state index in [1.165, 1.54) is 69.2 Å². The molecule has 55 heavy (non-hydrogen) atoms. The molecular formula is C52H32N2S. The van der Waals surface area contributed by atoms with Crippen molar-refractivity contribution >= 4 is 63.8 Å². The first-order valence-corrected chi connectivity index (χ1v) is 19.5. The summed E-state index contributed by atoms with van der Waals surface area (Å²) in [6, 6.07) is 69.8. The van der Waals surface area contributed by atoms with Gasteiger partial charge in [-0.15, -0.1) is 11.3 Å². The fourth-order valence-electron chi connectivity index (χ4n) is 8.24. The normalized spacial score (nSPS) is 11.6. The van der Waals surface area contributed by atoms with Gasteiger partial charge >= 0.3 is 0 Å². The van der Waals surface area contributed by atoms with E-state index in [2.05, 4.69) is 176 Å². The van der Waals surface area contributed by atoms with E-state index in [4.69, 9.17) is 9.97 Å². The van der Waals surface area contributed by atoms with Gasteiger partial charge in [-0.3, -0.25) is 0 Å². The van der Waals surface area contributed by atoms with Crippen molar-refractivity contribution in [2.45, 2.75) is 0 Å². The number of hydrogen-bond donors (Lipinski definition) is 0. The van der Waals surface area contributed by atoms with Gasteiger partial charge in [0, 0.05) is 36.9 Å². The van der Waals surface area contributed by atoms with Crippen molar-refractivity contribution < 1.29 is 0 Å². The summed E-state index contributed by atoms with van der Waals surface area (Å²) in [7, 11) is 0. The van der Waals surface area contributed by atoms with Gasteiger partial charge in [0.2, 0.25) is 0 Å². The standard InChI is InChI=1S/C52H32N2S/c1-2-13-36(14-3-1)52-53-47(32-48(54-52)42-19-9-8-17-40(42)38-27-29-50-46(31-38)43-20-10-11-21-49(43)55-50)34-22-24-35(25-23-34)51-41-18-7-5-15-37(41)30-45-39-16-6-4-12-33(39)26-28-44(45)51/h1-32H. The zero-order valence-corrected chi connectivity index (χ0v) is 30.6. The highest BCUT2D eigenvalue weighted by Gasteiger charge is 2.17. The van der Waals surface area contributed by atoms with Gasteiger partial charge in [-0.05, 0) is 84.9 Å². The van der Waals surface area contributed by atoms with Gasteiger partial charge in [0.25, 0.3) is 0 Å². The van der Waals surface area contributed by atoms with Crippen molar-refractivity contribution in [2.75, 3.05) is 0 Å². The van der Waals surface area contributed by atoms with Crippen LogP contribution in [0, 0.1) is 0 Å². The third kappa shape index (κ3) is 5.40. The predicted octanol–water partition coefficient (Wildman–Crippen LogP) is 14.6. The summed E-state index contributed by atoms with van der Waals surface area (Å²) in [4.78, 5) is 10.4. The monoisotopic (exact) mass is 716 g/mol. The Morgan fingerprint density at radius 2 is 0.945 bits per heavy atom. The highest BCUT2D eigenvalue weighted by molar-refractivity contribution is 7.25. The van der Waals surface area contributed by atoms with Crippen LogP contribution in [-0.2, 0) is 0 Å². The molecule has 0 aliphatic heterocycles. The van der Waals surface area contributed by atoms with E-state index in [9.17, 15) is 0 Å². The van der Waals surface area contributed by atoms with E-state index in [-0.39, 0.29) is 0 Å². The average Bonchev–Trinajstić information content (AvgIpc) is 3.64. The first-order chi connectivity index (χ1) is 27.2. The quantitative estimate of drug-likeness (QED) is 0.131. The summed E-state index contributed by atoms with van der Waals surface area (Å²) in [5, 5.41) is 10.1. The molecule has 2 nitrogen and oxygen atoms in total. The number of rotatable bonds is 5. The summed E-state index contributed by atoms with van der Waals surface area (Å²) in [5.41, 5.74) is 9.64. The molecule has 0 saturated heterocycles. The van der Waals surface area contributed by atoms with E-state index in [1.54, 1.807) is 0 Å². The first-order valence-electron chi connectivity index (χ1n) is 18.6. The Morgan fingerprint density at radius 3 is 1.80 bits per heavy atom. The van der Waals surface area contributed by atoms with Gasteiger partial charge in [0.05, 0.1) is 11.4 Å². The van der Waals surface area contributed by atoms with Crippen molar-refractivity contribution in [3.63, 3.8) is 0 Å². The van der Waals surface area contributed by atoms with Crippen LogP contribution >= 0.6 is 11.3 Å². The molecule has 0 N–H and O–H groups in total. The summed E-state index contributed by atoms with van der Waals surface area (Å²) < 4.78 is 2.61. The number of nitrogens with zero attached hydrogens (tertiary/aromatic N) is 2. The lowest BCUT2D eigenvalue weighted by Gasteiger charge is -2.15. The second-order valence-electron chi connectivity index (χ2n) is 14.1. The number of hydrogen-bond acceptors (Lipinski definition) is 3. The Balaban J connectivity index is 1.06. The Labute approximate surface area is 322 Å². The van der Waals surface area contributed by atoms with Crippen molar-refractivity contribution in [3.8, 4) is 56.2 Å². The third-order valence-electron chi connectivity index (χ3n) is 10.9. The fraction of sp³-hybridized carbons (Fsp3) is 0. The molecule has 0 spiro atoms. The molecule has 3 heteroatoms. The molecule has 0 bridgehead atoms. The lowest BCUT2D eigenvalue weighted by Crippen LogP contribution is -1.97. The second-order valence-corrected chi connectivity index (χ2v) is 15.2. The Morgan fingerprint density at radius 1 is 0.309 bits per heavy atom. The van der Waals surface area contributed by atoms with Crippen molar-refractivity contribution in [2.24, 2.45) is 0 Å². The minimum Gasteiger partial charge on any atom is -0.228 e. The summed E-state index contributed by atoms with van der Waals surface area (Å²) in [6.45, 7) is 0. The molecule has 0 unspecified atom stereocenters. The van der Waals surface area contributed by atoms with Crippen molar-refractivity contribution in [1.29, 1.82) is 0 Å². The van der Waals surface area contributed by atoms with Crippen molar-refractivity contribution in [3.05, 3.63) is 194 Å². The van der Waals surface area contributed by atoms with Gasteiger partial charge in [-0.25, -0.2) is 9.97 Å². The minimum atomic E-state index is 0.707. The molecule has 0 atom stereocenters.